The normalized spacial score (nSPS) is 18.5. The summed E-state index contributed by atoms with van der Waals surface area (Å²) >= 11 is 16.9. The Labute approximate surface area is 171 Å². The van der Waals surface area contributed by atoms with Gasteiger partial charge >= 0.3 is 6.09 Å². The fourth-order valence-corrected chi connectivity index (χ4v) is 3.26. The molecule has 0 aromatic heterocycles. The van der Waals surface area contributed by atoms with Crippen molar-refractivity contribution < 1.29 is 14.3 Å². The lowest BCUT2D eigenvalue weighted by atomic mass is 9.83. The van der Waals surface area contributed by atoms with E-state index in [4.69, 9.17) is 39.5 Å². The smallest absolute Gasteiger partial charge is 0.407 e. The van der Waals surface area contributed by atoms with Crippen LogP contribution in [0.5, 0.6) is 0 Å². The summed E-state index contributed by atoms with van der Waals surface area (Å²) in [5.41, 5.74) is -0.621. The van der Waals surface area contributed by atoms with Crippen molar-refractivity contribution in [3.8, 4) is 0 Å². The van der Waals surface area contributed by atoms with E-state index in [1.165, 1.54) is 19.3 Å². The average molecular weight is 428 g/mol. The molecule has 8 heteroatoms. The van der Waals surface area contributed by atoms with E-state index in [9.17, 15) is 9.59 Å². The summed E-state index contributed by atoms with van der Waals surface area (Å²) in [5.74, 6) is -0.303. The second kappa shape index (κ2) is 10.0. The summed E-state index contributed by atoms with van der Waals surface area (Å²) in [5, 5.41) is 5.49. The molecule has 0 saturated heterocycles. The molecular weight excluding hydrogens is 399 g/mol. The van der Waals surface area contributed by atoms with Gasteiger partial charge in [-0.1, -0.05) is 73.0 Å². The number of nitrogens with one attached hydrogen (secondary N) is 2. The number of halogens is 3. The van der Waals surface area contributed by atoms with E-state index in [0.717, 1.165) is 12.8 Å². The first-order valence-corrected chi connectivity index (χ1v) is 10.1. The molecule has 26 heavy (non-hydrogen) atoms. The molecule has 5 nitrogen and oxygen atoms in total. The number of carbonyl (C=O) groups is 2. The van der Waals surface area contributed by atoms with Crippen LogP contribution in [0.15, 0.2) is 12.7 Å². The maximum Gasteiger partial charge on any atom is 0.407 e. The second-order valence-corrected chi connectivity index (χ2v) is 10.0. The molecule has 1 saturated carbocycles. The van der Waals surface area contributed by atoms with Gasteiger partial charge in [-0.25, -0.2) is 4.79 Å². The van der Waals surface area contributed by atoms with Crippen LogP contribution >= 0.6 is 34.8 Å². The molecule has 1 fully saturated rings. The zero-order valence-electron chi connectivity index (χ0n) is 15.6. The van der Waals surface area contributed by atoms with Crippen LogP contribution in [0.3, 0.4) is 0 Å². The van der Waals surface area contributed by atoms with Crippen molar-refractivity contribution in [1.29, 1.82) is 0 Å². The largest absolute Gasteiger partial charge is 0.444 e. The summed E-state index contributed by atoms with van der Waals surface area (Å²) in [4.78, 5) is 24.3. The van der Waals surface area contributed by atoms with E-state index in [-0.39, 0.29) is 0 Å². The van der Waals surface area contributed by atoms with Crippen molar-refractivity contribution >= 4 is 46.8 Å². The van der Waals surface area contributed by atoms with Crippen LogP contribution in [-0.4, -0.2) is 33.5 Å². The van der Waals surface area contributed by atoms with E-state index in [2.05, 4.69) is 17.2 Å². The minimum Gasteiger partial charge on any atom is -0.444 e. The van der Waals surface area contributed by atoms with E-state index in [0.29, 0.717) is 12.3 Å². The third kappa shape index (κ3) is 8.83. The summed E-state index contributed by atoms with van der Waals surface area (Å²) in [6.45, 7) is 9.13. The number of amides is 2. The molecule has 0 aliphatic heterocycles. The van der Waals surface area contributed by atoms with Gasteiger partial charge in [-0.3, -0.25) is 4.79 Å². The molecule has 2 atom stereocenters. The number of alkyl carbamates (subject to hydrolysis) is 1. The van der Waals surface area contributed by atoms with Gasteiger partial charge in [-0.15, -0.1) is 6.58 Å². The summed E-state index contributed by atoms with van der Waals surface area (Å²) in [7, 11) is 0. The summed E-state index contributed by atoms with van der Waals surface area (Å²) in [6.07, 6.45) is 7.44. The Kier molecular flexibility index (Phi) is 9.04. The number of hydrogen-bond acceptors (Lipinski definition) is 3. The molecule has 0 radical (unpaired) electrons. The highest BCUT2D eigenvalue weighted by Gasteiger charge is 2.35. The SMILES string of the molecule is C=CC(NC(=O)C(Cl)(Cl)Cl)[C@H](CC1CCCCC1)NC(=O)OC(C)(C)C. The van der Waals surface area contributed by atoms with E-state index >= 15 is 0 Å². The van der Waals surface area contributed by atoms with Gasteiger partial charge in [0.2, 0.25) is 0 Å². The maximum atomic E-state index is 12.3. The van der Waals surface area contributed by atoms with Gasteiger partial charge in [0.25, 0.3) is 9.70 Å². The molecular formula is C18H29Cl3N2O3. The third-order valence-corrected chi connectivity index (χ3v) is 4.77. The lowest BCUT2D eigenvalue weighted by molar-refractivity contribution is -0.120. The number of ether oxygens (including phenoxy) is 1. The lowest BCUT2D eigenvalue weighted by Crippen LogP contribution is -2.54. The molecule has 0 aromatic carbocycles. The van der Waals surface area contributed by atoms with Crippen molar-refractivity contribution in [2.45, 2.75) is 80.8 Å². The Hall–Kier alpha value is -0.650. The molecule has 1 aliphatic rings. The van der Waals surface area contributed by atoms with Crippen molar-refractivity contribution in [3.63, 3.8) is 0 Å². The average Bonchev–Trinajstić information content (AvgIpc) is 2.50. The number of alkyl halides is 3. The van der Waals surface area contributed by atoms with Crippen molar-refractivity contribution in [2.75, 3.05) is 0 Å². The minimum absolute atomic E-state index is 0.401. The highest BCUT2D eigenvalue weighted by atomic mass is 35.6. The van der Waals surface area contributed by atoms with E-state index in [1.807, 2.05) is 0 Å². The molecule has 1 unspecified atom stereocenters. The Morgan fingerprint density at radius 3 is 2.19 bits per heavy atom. The van der Waals surface area contributed by atoms with Crippen molar-refractivity contribution in [3.05, 3.63) is 12.7 Å². The summed E-state index contributed by atoms with van der Waals surface area (Å²) < 4.78 is 3.27. The standard InChI is InChI=1S/C18H29Cl3N2O3/c1-5-13(22-15(24)18(19,20)21)14(11-12-9-7-6-8-10-12)23-16(25)26-17(2,3)4/h5,12-14H,1,6-11H2,2-4H3,(H,22,24)(H,23,25)/t13?,14-/m0/s1. The third-order valence-electron chi connectivity index (χ3n) is 4.26. The van der Waals surface area contributed by atoms with Crippen LogP contribution in [-0.2, 0) is 9.53 Å². The lowest BCUT2D eigenvalue weighted by Gasteiger charge is -2.32. The van der Waals surface area contributed by atoms with E-state index < -0.39 is 33.5 Å². The van der Waals surface area contributed by atoms with Crippen molar-refractivity contribution in [2.24, 2.45) is 5.92 Å². The number of hydrogen-bond donors (Lipinski definition) is 2. The van der Waals surface area contributed by atoms with Crippen LogP contribution in [0, 0.1) is 5.92 Å². The first kappa shape index (κ1) is 23.4. The highest BCUT2D eigenvalue weighted by molar-refractivity contribution is 6.76. The quantitative estimate of drug-likeness (QED) is 0.468. The second-order valence-electron chi connectivity index (χ2n) is 7.73. The van der Waals surface area contributed by atoms with Crippen molar-refractivity contribution in [1.82, 2.24) is 10.6 Å². The van der Waals surface area contributed by atoms with Gasteiger partial charge in [0.05, 0.1) is 12.1 Å². The Balaban J connectivity index is 2.86. The van der Waals surface area contributed by atoms with Crippen LogP contribution in [0.2, 0.25) is 0 Å². The fourth-order valence-electron chi connectivity index (χ4n) is 3.09. The van der Waals surface area contributed by atoms with Crippen LogP contribution in [0.4, 0.5) is 4.79 Å². The molecule has 0 bridgehead atoms. The molecule has 0 aromatic rings. The monoisotopic (exact) mass is 426 g/mol. The molecule has 150 valence electrons. The van der Waals surface area contributed by atoms with Gasteiger partial charge in [0.1, 0.15) is 5.60 Å². The highest BCUT2D eigenvalue weighted by Crippen LogP contribution is 2.29. The predicted molar refractivity (Wildman–Crippen MR) is 107 cm³/mol. The van der Waals surface area contributed by atoms with Crippen LogP contribution in [0.1, 0.15) is 59.3 Å². The molecule has 0 spiro atoms. The van der Waals surface area contributed by atoms with Gasteiger partial charge in [-0.05, 0) is 33.1 Å². The fraction of sp³-hybridized carbons (Fsp3) is 0.778. The molecule has 2 N–H and O–H groups in total. The minimum atomic E-state index is -2.08. The van der Waals surface area contributed by atoms with Gasteiger partial charge in [0, 0.05) is 0 Å². The zero-order chi connectivity index (χ0) is 20.0. The zero-order valence-corrected chi connectivity index (χ0v) is 17.9. The van der Waals surface area contributed by atoms with Gasteiger partial charge < -0.3 is 15.4 Å². The van der Waals surface area contributed by atoms with E-state index in [1.54, 1.807) is 26.8 Å². The molecule has 2 amide bonds. The summed E-state index contributed by atoms with van der Waals surface area (Å²) in [6, 6.07) is -0.977. The van der Waals surface area contributed by atoms with Gasteiger partial charge in [0.15, 0.2) is 0 Å². The molecule has 0 heterocycles. The Morgan fingerprint density at radius 1 is 1.15 bits per heavy atom. The molecule has 1 rings (SSSR count). The van der Waals surface area contributed by atoms with Gasteiger partial charge in [-0.2, -0.15) is 0 Å². The first-order chi connectivity index (χ1) is 11.9. The first-order valence-electron chi connectivity index (χ1n) is 8.92. The maximum absolute atomic E-state index is 12.3. The molecule has 1 aliphatic carbocycles. The number of rotatable bonds is 6. The van der Waals surface area contributed by atoms with Crippen LogP contribution < -0.4 is 10.6 Å². The Morgan fingerprint density at radius 2 is 1.73 bits per heavy atom. The topological polar surface area (TPSA) is 67.4 Å². The van der Waals surface area contributed by atoms with Crippen LogP contribution in [0.25, 0.3) is 0 Å². The predicted octanol–water partition coefficient (Wildman–Crippen LogP) is 4.89. The Bertz CT molecular complexity index is 495. The number of carbonyl (C=O) groups excluding carboxylic acids is 2.